The zero-order valence-electron chi connectivity index (χ0n) is 15.8. The molecule has 1 N–H and O–H groups in total. The molecular weight excluding hydrogens is 366 g/mol. The maximum Gasteiger partial charge on any atom is 0.265 e. The van der Waals surface area contributed by atoms with Crippen LogP contribution in [0, 0.1) is 0 Å². The van der Waals surface area contributed by atoms with Gasteiger partial charge in [0.1, 0.15) is 12.1 Å². The molecule has 0 aliphatic heterocycles. The van der Waals surface area contributed by atoms with Gasteiger partial charge in [0.2, 0.25) is 0 Å². The zero-order valence-corrected chi connectivity index (χ0v) is 15.8. The number of ether oxygens (including phenoxy) is 1. The minimum Gasteiger partial charge on any atom is -0.481 e. The summed E-state index contributed by atoms with van der Waals surface area (Å²) in [5.74, 6) is 0.411. The molecule has 1 heterocycles. The van der Waals surface area contributed by atoms with E-state index in [4.69, 9.17) is 4.74 Å². The number of hydrogen-bond acceptors (Lipinski definition) is 5. The van der Waals surface area contributed by atoms with Crippen molar-refractivity contribution in [1.29, 1.82) is 0 Å². The number of nitrogens with zero attached hydrogens (tertiary/aromatic N) is 4. The molecule has 0 aliphatic rings. The number of hydrogen-bond donors (Lipinski definition) is 1. The van der Waals surface area contributed by atoms with Crippen LogP contribution in [0.3, 0.4) is 0 Å². The van der Waals surface area contributed by atoms with Crippen molar-refractivity contribution in [3.05, 3.63) is 85.2 Å². The number of carbonyl (C=O) groups is 1. The van der Waals surface area contributed by atoms with Gasteiger partial charge in [0.25, 0.3) is 5.91 Å². The first kappa shape index (κ1) is 18.4. The number of carbonyl (C=O) groups excluding carboxylic acids is 1. The Morgan fingerprint density at radius 2 is 1.62 bits per heavy atom. The van der Waals surface area contributed by atoms with E-state index < -0.39 is 6.10 Å². The lowest BCUT2D eigenvalue weighted by molar-refractivity contribution is -0.122. The molecule has 4 aromatic rings. The number of aromatic nitrogens is 4. The van der Waals surface area contributed by atoms with Crippen LogP contribution >= 0.6 is 0 Å². The van der Waals surface area contributed by atoms with Crippen LogP contribution in [-0.2, 0) is 4.79 Å². The molecule has 3 aromatic carbocycles. The van der Waals surface area contributed by atoms with E-state index in [2.05, 4.69) is 33.0 Å². The Bertz CT molecular complexity index is 1060. The smallest absolute Gasteiger partial charge is 0.265 e. The molecule has 7 heteroatoms. The Kier molecular flexibility index (Phi) is 5.29. The van der Waals surface area contributed by atoms with Gasteiger partial charge < -0.3 is 10.1 Å². The maximum absolute atomic E-state index is 12.4. The Hall–Kier alpha value is -4.00. The molecule has 0 saturated carbocycles. The fraction of sp³-hybridized carbons (Fsp3) is 0.0909. The first-order chi connectivity index (χ1) is 14.2. The summed E-state index contributed by atoms with van der Waals surface area (Å²) in [7, 11) is 0. The van der Waals surface area contributed by atoms with Crippen LogP contribution in [0.4, 0.5) is 5.69 Å². The number of amides is 1. The highest BCUT2D eigenvalue weighted by molar-refractivity contribution is 5.94. The van der Waals surface area contributed by atoms with E-state index in [-0.39, 0.29) is 5.91 Å². The molecule has 29 heavy (non-hydrogen) atoms. The lowest BCUT2D eigenvalue weighted by Gasteiger charge is -2.15. The number of rotatable bonds is 6. The van der Waals surface area contributed by atoms with Crippen molar-refractivity contribution >= 4 is 11.6 Å². The molecule has 0 saturated heterocycles. The summed E-state index contributed by atoms with van der Waals surface area (Å²) in [6.07, 6.45) is 0.865. The Balaban J connectivity index is 1.36. The van der Waals surface area contributed by atoms with Crippen molar-refractivity contribution in [2.75, 3.05) is 5.32 Å². The molecule has 1 atom stereocenters. The van der Waals surface area contributed by atoms with Crippen LogP contribution in [-0.4, -0.2) is 32.2 Å². The third-order valence-corrected chi connectivity index (χ3v) is 4.39. The average molecular weight is 385 g/mol. The minimum atomic E-state index is -0.642. The Morgan fingerprint density at radius 1 is 0.931 bits per heavy atom. The first-order valence-electron chi connectivity index (χ1n) is 9.15. The van der Waals surface area contributed by atoms with E-state index in [1.165, 1.54) is 11.0 Å². The fourth-order valence-corrected chi connectivity index (χ4v) is 2.84. The van der Waals surface area contributed by atoms with E-state index in [0.29, 0.717) is 11.4 Å². The normalized spacial score (nSPS) is 11.6. The molecule has 0 fully saturated rings. The van der Waals surface area contributed by atoms with Gasteiger partial charge in [-0.15, -0.1) is 5.10 Å². The molecular formula is C22H19N5O2. The average Bonchev–Trinajstić information content (AvgIpc) is 3.30. The molecule has 0 spiro atoms. The van der Waals surface area contributed by atoms with Crippen molar-refractivity contribution in [2.45, 2.75) is 13.0 Å². The zero-order chi connectivity index (χ0) is 20.1. The summed E-state index contributed by atoms with van der Waals surface area (Å²) in [4.78, 5) is 12.4. The maximum atomic E-state index is 12.4. The summed E-state index contributed by atoms with van der Waals surface area (Å²) in [5, 5.41) is 13.9. The van der Waals surface area contributed by atoms with Crippen molar-refractivity contribution in [1.82, 2.24) is 20.2 Å². The highest BCUT2D eigenvalue weighted by Gasteiger charge is 2.15. The van der Waals surface area contributed by atoms with Gasteiger partial charge in [-0.3, -0.25) is 4.79 Å². The van der Waals surface area contributed by atoms with Crippen LogP contribution in [0.5, 0.6) is 5.75 Å². The van der Waals surface area contributed by atoms with Gasteiger partial charge in [0.15, 0.2) is 6.10 Å². The summed E-state index contributed by atoms with van der Waals surface area (Å²) < 4.78 is 7.32. The van der Waals surface area contributed by atoms with Crippen LogP contribution in [0.25, 0.3) is 16.8 Å². The standard InChI is InChI=1S/C22H19N5O2/c1-16(29-21-13-7-18(8-14-21)17-5-3-2-4-6-17)22(28)24-19-9-11-20(12-10-19)27-15-23-25-26-27/h2-16H,1H3,(H,24,28). The molecule has 1 amide bonds. The second kappa shape index (κ2) is 8.35. The summed E-state index contributed by atoms with van der Waals surface area (Å²) in [6, 6.07) is 25.0. The molecule has 1 unspecified atom stereocenters. The van der Waals surface area contributed by atoms with Gasteiger partial charge >= 0.3 is 0 Å². The third-order valence-electron chi connectivity index (χ3n) is 4.39. The van der Waals surface area contributed by atoms with Crippen LogP contribution in [0.2, 0.25) is 0 Å². The molecule has 0 bridgehead atoms. The molecule has 0 radical (unpaired) electrons. The van der Waals surface area contributed by atoms with Crippen LogP contribution in [0.1, 0.15) is 6.92 Å². The second-order valence-corrected chi connectivity index (χ2v) is 6.44. The molecule has 0 aliphatic carbocycles. The van der Waals surface area contributed by atoms with Crippen LogP contribution < -0.4 is 10.1 Å². The fourth-order valence-electron chi connectivity index (χ4n) is 2.84. The van der Waals surface area contributed by atoms with Crippen molar-refractivity contribution in [3.63, 3.8) is 0 Å². The highest BCUT2D eigenvalue weighted by Crippen LogP contribution is 2.23. The number of benzene rings is 3. The van der Waals surface area contributed by atoms with Gasteiger partial charge in [-0.05, 0) is 64.9 Å². The lowest BCUT2D eigenvalue weighted by atomic mass is 10.1. The molecule has 4 rings (SSSR count). The number of nitrogens with one attached hydrogen (secondary N) is 1. The first-order valence-corrected chi connectivity index (χ1v) is 9.15. The van der Waals surface area contributed by atoms with E-state index in [9.17, 15) is 4.79 Å². The van der Waals surface area contributed by atoms with Crippen molar-refractivity contribution in [2.24, 2.45) is 0 Å². The molecule has 1 aromatic heterocycles. The number of tetrazole rings is 1. The largest absolute Gasteiger partial charge is 0.481 e. The molecule has 144 valence electrons. The van der Waals surface area contributed by atoms with E-state index in [1.54, 1.807) is 19.1 Å². The van der Waals surface area contributed by atoms with E-state index in [0.717, 1.165) is 16.8 Å². The monoisotopic (exact) mass is 385 g/mol. The highest BCUT2D eigenvalue weighted by atomic mass is 16.5. The van der Waals surface area contributed by atoms with Gasteiger partial charge in [0.05, 0.1) is 5.69 Å². The topological polar surface area (TPSA) is 81.9 Å². The van der Waals surface area contributed by atoms with Gasteiger partial charge in [-0.25, -0.2) is 4.68 Å². The lowest BCUT2D eigenvalue weighted by Crippen LogP contribution is -2.30. The summed E-state index contributed by atoms with van der Waals surface area (Å²) >= 11 is 0. The number of anilines is 1. The third kappa shape index (κ3) is 4.47. The van der Waals surface area contributed by atoms with Gasteiger partial charge in [-0.2, -0.15) is 0 Å². The Labute approximate surface area is 168 Å². The van der Waals surface area contributed by atoms with Crippen molar-refractivity contribution in [3.8, 4) is 22.6 Å². The second-order valence-electron chi connectivity index (χ2n) is 6.44. The Morgan fingerprint density at radius 3 is 2.28 bits per heavy atom. The summed E-state index contributed by atoms with van der Waals surface area (Å²) in [5.41, 5.74) is 3.70. The SMILES string of the molecule is CC(Oc1ccc(-c2ccccc2)cc1)C(=O)Nc1ccc(-n2cnnn2)cc1. The van der Waals surface area contributed by atoms with Gasteiger partial charge in [0, 0.05) is 5.69 Å². The van der Waals surface area contributed by atoms with Crippen molar-refractivity contribution < 1.29 is 9.53 Å². The quantitative estimate of drug-likeness (QED) is 0.547. The predicted octanol–water partition coefficient (Wildman–Crippen LogP) is 3.74. The van der Waals surface area contributed by atoms with Gasteiger partial charge in [-0.1, -0.05) is 42.5 Å². The summed E-state index contributed by atoms with van der Waals surface area (Å²) in [6.45, 7) is 1.72. The van der Waals surface area contributed by atoms with E-state index in [1.807, 2.05) is 54.6 Å². The van der Waals surface area contributed by atoms with Crippen LogP contribution in [0.15, 0.2) is 85.2 Å². The molecule has 7 nitrogen and oxygen atoms in total. The predicted molar refractivity (Wildman–Crippen MR) is 110 cm³/mol. The van der Waals surface area contributed by atoms with E-state index >= 15 is 0 Å². The minimum absolute atomic E-state index is 0.229.